The number of fused-ring (bicyclic) bond motifs is 1. The molecule has 1 saturated heterocycles. The second-order valence-electron chi connectivity index (χ2n) is 6.93. The van der Waals surface area contributed by atoms with Crippen molar-refractivity contribution in [3.05, 3.63) is 52.9 Å². The molecule has 1 atom stereocenters. The van der Waals surface area contributed by atoms with Crippen molar-refractivity contribution < 1.29 is 18.9 Å². The summed E-state index contributed by atoms with van der Waals surface area (Å²) in [4.78, 5) is 16.6. The molecule has 2 aromatic heterocycles. The largest absolute Gasteiger partial charge is 0.491 e. The number of ether oxygens (including phenoxy) is 4. The Morgan fingerprint density at radius 3 is 2.76 bits per heavy atom. The van der Waals surface area contributed by atoms with Crippen LogP contribution < -0.4 is 15.0 Å². The number of aromatic nitrogens is 2. The highest BCUT2D eigenvalue weighted by atomic mass is 16.6. The molecule has 0 amide bonds. The van der Waals surface area contributed by atoms with Gasteiger partial charge in [-0.05, 0) is 29.7 Å². The number of rotatable bonds is 7. The summed E-state index contributed by atoms with van der Waals surface area (Å²) in [6.07, 6.45) is 2.78. The quantitative estimate of drug-likeness (QED) is 0.572. The predicted octanol–water partition coefficient (Wildman–Crippen LogP) is 2.79. The van der Waals surface area contributed by atoms with Gasteiger partial charge in [0.05, 0.1) is 38.1 Å². The van der Waals surface area contributed by atoms with Gasteiger partial charge in [0.2, 0.25) is 5.88 Å². The molecule has 0 radical (unpaired) electrons. The van der Waals surface area contributed by atoms with Gasteiger partial charge in [-0.1, -0.05) is 12.1 Å². The molecule has 1 fully saturated rings. The summed E-state index contributed by atoms with van der Waals surface area (Å²) in [5.74, 6) is 1.26. The van der Waals surface area contributed by atoms with Gasteiger partial charge < -0.3 is 23.5 Å². The number of nitrogens with zero attached hydrogens (tertiary/aromatic N) is 2. The smallest absolute Gasteiger partial charge is 0.251 e. The minimum atomic E-state index is -0.0900. The Bertz CT molecular complexity index is 1040. The lowest BCUT2D eigenvalue weighted by Gasteiger charge is -2.13. The summed E-state index contributed by atoms with van der Waals surface area (Å²) in [6.45, 7) is 2.45. The first-order chi connectivity index (χ1) is 14.2. The SMILES string of the molecule is COc1cc2c(-c3ccc(OCCOC4CCOC4)cc3)cc(=O)n(C)c2cn1. The third-order valence-corrected chi connectivity index (χ3v) is 5.08. The van der Waals surface area contributed by atoms with Crippen molar-refractivity contribution in [1.29, 1.82) is 0 Å². The fraction of sp³-hybridized carbons (Fsp3) is 0.364. The lowest BCUT2D eigenvalue weighted by molar-refractivity contribution is 0.0265. The van der Waals surface area contributed by atoms with Crippen molar-refractivity contribution >= 4 is 10.9 Å². The van der Waals surface area contributed by atoms with Crippen LogP contribution in [0, 0.1) is 0 Å². The van der Waals surface area contributed by atoms with Crippen molar-refractivity contribution in [2.45, 2.75) is 12.5 Å². The lowest BCUT2D eigenvalue weighted by Crippen LogP contribution is -2.17. The van der Waals surface area contributed by atoms with Gasteiger partial charge in [0.1, 0.15) is 12.4 Å². The molecule has 7 heteroatoms. The first-order valence-electron chi connectivity index (χ1n) is 9.62. The second-order valence-corrected chi connectivity index (χ2v) is 6.93. The monoisotopic (exact) mass is 396 g/mol. The Morgan fingerprint density at radius 2 is 2.03 bits per heavy atom. The highest BCUT2D eigenvalue weighted by molar-refractivity contribution is 5.94. The number of hydrogen-bond donors (Lipinski definition) is 0. The summed E-state index contributed by atoms with van der Waals surface area (Å²) in [5.41, 5.74) is 2.42. The minimum Gasteiger partial charge on any atom is -0.491 e. The van der Waals surface area contributed by atoms with Crippen LogP contribution >= 0.6 is 0 Å². The Balaban J connectivity index is 1.51. The standard InChI is InChI=1S/C22H24N2O5/c1-24-20-13-23-21(26-2)11-19(20)18(12-22(24)25)15-3-5-16(6-4-15)28-9-10-29-17-7-8-27-14-17/h3-6,11-13,17H,7-10,14H2,1-2H3. The first kappa shape index (κ1) is 19.4. The molecule has 4 rings (SSSR count). The van der Waals surface area contributed by atoms with Gasteiger partial charge in [0.25, 0.3) is 5.56 Å². The van der Waals surface area contributed by atoms with E-state index in [1.807, 2.05) is 30.3 Å². The van der Waals surface area contributed by atoms with Gasteiger partial charge in [-0.25, -0.2) is 4.98 Å². The van der Waals surface area contributed by atoms with E-state index >= 15 is 0 Å². The third-order valence-electron chi connectivity index (χ3n) is 5.08. The lowest BCUT2D eigenvalue weighted by atomic mass is 10.0. The summed E-state index contributed by atoms with van der Waals surface area (Å²) in [7, 11) is 3.31. The average molecular weight is 396 g/mol. The number of hydrogen-bond acceptors (Lipinski definition) is 6. The Labute approximate surface area is 168 Å². The van der Waals surface area contributed by atoms with Gasteiger partial charge in [0, 0.05) is 31.2 Å². The van der Waals surface area contributed by atoms with Crippen molar-refractivity contribution in [2.75, 3.05) is 33.5 Å². The van der Waals surface area contributed by atoms with E-state index in [0.29, 0.717) is 25.7 Å². The molecule has 3 aromatic rings. The molecule has 1 aliphatic rings. The topological polar surface area (TPSA) is 71.8 Å². The molecule has 0 aliphatic carbocycles. The summed E-state index contributed by atoms with van der Waals surface area (Å²) < 4.78 is 23.6. The molecule has 1 aromatic carbocycles. The van der Waals surface area contributed by atoms with E-state index in [2.05, 4.69) is 4.98 Å². The molecule has 0 saturated carbocycles. The van der Waals surface area contributed by atoms with E-state index in [4.69, 9.17) is 18.9 Å². The normalized spacial score (nSPS) is 16.3. The van der Waals surface area contributed by atoms with Crippen LogP contribution in [0.4, 0.5) is 0 Å². The van der Waals surface area contributed by atoms with Crippen LogP contribution in [0.3, 0.4) is 0 Å². The molecule has 0 N–H and O–H groups in total. The van der Waals surface area contributed by atoms with E-state index in [1.54, 1.807) is 31.0 Å². The summed E-state index contributed by atoms with van der Waals surface area (Å²) >= 11 is 0. The van der Waals surface area contributed by atoms with Crippen LogP contribution in [-0.4, -0.2) is 49.2 Å². The molecular weight excluding hydrogens is 372 g/mol. The fourth-order valence-corrected chi connectivity index (χ4v) is 3.43. The van der Waals surface area contributed by atoms with Gasteiger partial charge in [0.15, 0.2) is 0 Å². The molecule has 152 valence electrons. The minimum absolute atomic E-state index is 0.0900. The molecule has 1 aliphatic heterocycles. The second kappa shape index (κ2) is 8.63. The fourth-order valence-electron chi connectivity index (χ4n) is 3.43. The van der Waals surface area contributed by atoms with Crippen molar-refractivity contribution in [1.82, 2.24) is 9.55 Å². The molecule has 3 heterocycles. The van der Waals surface area contributed by atoms with Gasteiger partial charge >= 0.3 is 0 Å². The van der Waals surface area contributed by atoms with E-state index in [0.717, 1.165) is 40.8 Å². The van der Waals surface area contributed by atoms with Crippen LogP contribution in [0.25, 0.3) is 22.0 Å². The summed E-state index contributed by atoms with van der Waals surface area (Å²) in [5, 5.41) is 0.903. The van der Waals surface area contributed by atoms with E-state index < -0.39 is 0 Å². The zero-order chi connectivity index (χ0) is 20.2. The van der Waals surface area contributed by atoms with Gasteiger partial charge in [-0.2, -0.15) is 0 Å². The maximum Gasteiger partial charge on any atom is 0.251 e. The number of benzene rings is 1. The van der Waals surface area contributed by atoms with E-state index in [1.165, 1.54) is 0 Å². The molecular formula is C22H24N2O5. The molecule has 29 heavy (non-hydrogen) atoms. The average Bonchev–Trinajstić information content (AvgIpc) is 3.27. The molecule has 0 spiro atoms. The highest BCUT2D eigenvalue weighted by Gasteiger charge is 2.15. The van der Waals surface area contributed by atoms with Crippen molar-refractivity contribution in [2.24, 2.45) is 7.05 Å². The third kappa shape index (κ3) is 4.26. The zero-order valence-corrected chi connectivity index (χ0v) is 16.6. The predicted molar refractivity (Wildman–Crippen MR) is 110 cm³/mol. The van der Waals surface area contributed by atoms with Crippen LogP contribution in [0.2, 0.25) is 0 Å². The van der Waals surface area contributed by atoms with Crippen LogP contribution in [0.1, 0.15) is 6.42 Å². The van der Waals surface area contributed by atoms with Gasteiger partial charge in [-0.15, -0.1) is 0 Å². The Morgan fingerprint density at radius 1 is 1.21 bits per heavy atom. The Hall–Kier alpha value is -2.90. The van der Waals surface area contributed by atoms with Crippen LogP contribution in [0.5, 0.6) is 11.6 Å². The zero-order valence-electron chi connectivity index (χ0n) is 16.6. The number of pyridine rings is 2. The molecule has 0 bridgehead atoms. The molecule has 1 unspecified atom stereocenters. The first-order valence-corrected chi connectivity index (χ1v) is 9.62. The summed E-state index contributed by atoms with van der Waals surface area (Å²) in [6, 6.07) is 11.2. The maximum atomic E-state index is 12.4. The van der Waals surface area contributed by atoms with Gasteiger partial charge in [-0.3, -0.25) is 4.79 Å². The Kier molecular flexibility index (Phi) is 5.78. The van der Waals surface area contributed by atoms with E-state index in [-0.39, 0.29) is 11.7 Å². The number of aryl methyl sites for hydroxylation is 1. The van der Waals surface area contributed by atoms with Crippen LogP contribution in [0.15, 0.2) is 47.4 Å². The van der Waals surface area contributed by atoms with Crippen molar-refractivity contribution in [3.8, 4) is 22.8 Å². The maximum absolute atomic E-state index is 12.4. The number of methoxy groups -OCH3 is 1. The van der Waals surface area contributed by atoms with Crippen molar-refractivity contribution in [3.63, 3.8) is 0 Å². The van der Waals surface area contributed by atoms with E-state index in [9.17, 15) is 4.79 Å². The van der Waals surface area contributed by atoms with Crippen LogP contribution in [-0.2, 0) is 16.5 Å². The highest BCUT2D eigenvalue weighted by Crippen LogP contribution is 2.30. The molecule has 7 nitrogen and oxygen atoms in total.